The van der Waals surface area contributed by atoms with Gasteiger partial charge in [-0.2, -0.15) is 0 Å². The van der Waals surface area contributed by atoms with Gasteiger partial charge < -0.3 is 15.6 Å². The number of rotatable bonds is 5. The van der Waals surface area contributed by atoms with E-state index in [0.29, 0.717) is 12.0 Å². The van der Waals surface area contributed by atoms with Crippen LogP contribution >= 0.6 is 0 Å². The second kappa shape index (κ2) is 6.36. The van der Waals surface area contributed by atoms with Crippen LogP contribution in [0.15, 0.2) is 0 Å². The molecule has 2 unspecified atom stereocenters. The van der Waals surface area contributed by atoms with E-state index in [0.717, 1.165) is 38.2 Å². The number of aliphatic hydroxyl groups is 1. The summed E-state index contributed by atoms with van der Waals surface area (Å²) in [4.78, 5) is 0. The molecule has 0 amide bonds. The van der Waals surface area contributed by atoms with Crippen LogP contribution < -0.4 is 5.73 Å². The van der Waals surface area contributed by atoms with Crippen LogP contribution in [0.4, 0.5) is 0 Å². The molecule has 0 bridgehead atoms. The Bertz CT molecular complexity index is 251. The van der Waals surface area contributed by atoms with Crippen LogP contribution in [-0.4, -0.2) is 30.0 Å². The van der Waals surface area contributed by atoms with E-state index < -0.39 is 0 Å². The molecule has 3 heteroatoms. The Kier molecular flexibility index (Phi) is 5.05. The molecule has 2 atom stereocenters. The maximum atomic E-state index is 9.41. The highest BCUT2D eigenvalue weighted by Gasteiger charge is 2.38. The molecule has 0 aromatic heterocycles. The predicted octanol–water partition coefficient (Wildman–Crippen LogP) is 2.46. The molecular weight excluding hydrogens is 226 g/mol. The molecular formula is C15H29NO2. The van der Waals surface area contributed by atoms with E-state index in [1.165, 1.54) is 25.7 Å². The molecule has 2 aliphatic rings. The summed E-state index contributed by atoms with van der Waals surface area (Å²) in [5.74, 6) is 1.33. The third kappa shape index (κ3) is 3.46. The first-order valence-corrected chi connectivity index (χ1v) is 7.65. The molecule has 0 heterocycles. The number of hydrogen-bond donors (Lipinski definition) is 2. The Morgan fingerprint density at radius 1 is 1.22 bits per heavy atom. The second-order valence-corrected chi connectivity index (χ2v) is 6.52. The van der Waals surface area contributed by atoms with Gasteiger partial charge in [-0.05, 0) is 56.8 Å². The van der Waals surface area contributed by atoms with Crippen molar-refractivity contribution in [3.63, 3.8) is 0 Å². The zero-order valence-corrected chi connectivity index (χ0v) is 11.7. The quantitative estimate of drug-likeness (QED) is 0.793. The van der Waals surface area contributed by atoms with Crippen molar-refractivity contribution in [3.05, 3.63) is 0 Å². The summed E-state index contributed by atoms with van der Waals surface area (Å²) in [6, 6.07) is 0. The summed E-state index contributed by atoms with van der Waals surface area (Å²) < 4.78 is 5.99. The topological polar surface area (TPSA) is 55.5 Å². The fourth-order valence-electron chi connectivity index (χ4n) is 3.58. The molecule has 0 saturated heterocycles. The van der Waals surface area contributed by atoms with Gasteiger partial charge in [0.25, 0.3) is 0 Å². The van der Waals surface area contributed by atoms with Crippen molar-refractivity contribution in [2.75, 3.05) is 13.2 Å². The van der Waals surface area contributed by atoms with Crippen LogP contribution in [0.3, 0.4) is 0 Å². The van der Waals surface area contributed by atoms with Gasteiger partial charge in [0.1, 0.15) is 0 Å². The molecule has 2 fully saturated rings. The van der Waals surface area contributed by atoms with Gasteiger partial charge in [-0.15, -0.1) is 0 Å². The number of hydrogen-bond acceptors (Lipinski definition) is 3. The van der Waals surface area contributed by atoms with Crippen LogP contribution in [-0.2, 0) is 4.74 Å². The summed E-state index contributed by atoms with van der Waals surface area (Å²) in [5, 5.41) is 9.41. The second-order valence-electron chi connectivity index (χ2n) is 6.52. The lowest BCUT2D eigenvalue weighted by atomic mass is 9.86. The highest BCUT2D eigenvalue weighted by atomic mass is 16.5. The van der Waals surface area contributed by atoms with Gasteiger partial charge in [-0.25, -0.2) is 0 Å². The minimum Gasteiger partial charge on any atom is -0.394 e. The zero-order valence-electron chi connectivity index (χ0n) is 11.7. The van der Waals surface area contributed by atoms with Crippen molar-refractivity contribution in [3.8, 4) is 0 Å². The molecule has 0 aliphatic heterocycles. The van der Waals surface area contributed by atoms with Crippen LogP contribution in [0, 0.1) is 11.8 Å². The summed E-state index contributed by atoms with van der Waals surface area (Å²) in [6.45, 7) is 3.28. The summed E-state index contributed by atoms with van der Waals surface area (Å²) in [7, 11) is 0. The third-order valence-electron chi connectivity index (χ3n) is 5.08. The van der Waals surface area contributed by atoms with Crippen molar-refractivity contribution in [1.29, 1.82) is 0 Å². The molecule has 3 nitrogen and oxygen atoms in total. The van der Waals surface area contributed by atoms with Crippen molar-refractivity contribution in [1.82, 2.24) is 0 Å². The molecule has 2 saturated carbocycles. The van der Waals surface area contributed by atoms with E-state index >= 15 is 0 Å². The third-order valence-corrected chi connectivity index (χ3v) is 5.08. The first kappa shape index (κ1) is 14.3. The van der Waals surface area contributed by atoms with Crippen LogP contribution in [0.25, 0.3) is 0 Å². The largest absolute Gasteiger partial charge is 0.394 e. The Balaban J connectivity index is 1.66. The molecule has 2 aliphatic carbocycles. The molecule has 0 spiro atoms. The summed E-state index contributed by atoms with van der Waals surface area (Å²) in [5.41, 5.74) is 5.91. The fraction of sp³-hybridized carbons (Fsp3) is 1.00. The molecule has 0 aromatic rings. The maximum absolute atomic E-state index is 9.41. The van der Waals surface area contributed by atoms with Gasteiger partial charge in [0.05, 0.1) is 12.7 Å². The van der Waals surface area contributed by atoms with Crippen molar-refractivity contribution >= 4 is 0 Å². The van der Waals surface area contributed by atoms with Crippen molar-refractivity contribution in [2.45, 2.75) is 69.9 Å². The van der Waals surface area contributed by atoms with Gasteiger partial charge in [-0.3, -0.25) is 0 Å². The fourth-order valence-corrected chi connectivity index (χ4v) is 3.58. The van der Waals surface area contributed by atoms with Gasteiger partial charge in [-0.1, -0.05) is 13.3 Å². The standard InChI is InChI=1S/C15H29NO2/c1-12-4-6-14(7-5-12)18-10-8-13-3-2-9-15(13,16)11-17/h12-14,17H,2-11,16H2,1H3. The highest BCUT2D eigenvalue weighted by molar-refractivity contribution is 4.95. The lowest BCUT2D eigenvalue weighted by Gasteiger charge is -2.31. The van der Waals surface area contributed by atoms with E-state index in [4.69, 9.17) is 10.5 Å². The van der Waals surface area contributed by atoms with Gasteiger partial charge in [0, 0.05) is 12.1 Å². The number of aliphatic hydroxyl groups excluding tert-OH is 1. The molecule has 3 N–H and O–H groups in total. The Labute approximate surface area is 111 Å². The number of ether oxygens (including phenoxy) is 1. The SMILES string of the molecule is CC1CCC(OCCC2CCCC2(N)CO)CC1. The van der Waals surface area contributed by atoms with E-state index in [-0.39, 0.29) is 12.1 Å². The monoisotopic (exact) mass is 255 g/mol. The normalized spacial score (nSPS) is 41.2. The van der Waals surface area contributed by atoms with Crippen molar-refractivity contribution in [2.24, 2.45) is 17.6 Å². The first-order chi connectivity index (χ1) is 8.64. The Morgan fingerprint density at radius 2 is 1.94 bits per heavy atom. The van der Waals surface area contributed by atoms with E-state index in [1.54, 1.807) is 0 Å². The van der Waals surface area contributed by atoms with Crippen LogP contribution in [0.5, 0.6) is 0 Å². The Morgan fingerprint density at radius 3 is 2.61 bits per heavy atom. The minimum absolute atomic E-state index is 0.124. The smallest absolute Gasteiger partial charge is 0.0613 e. The maximum Gasteiger partial charge on any atom is 0.0613 e. The van der Waals surface area contributed by atoms with E-state index in [1.807, 2.05) is 0 Å². The van der Waals surface area contributed by atoms with Gasteiger partial charge >= 0.3 is 0 Å². The molecule has 18 heavy (non-hydrogen) atoms. The lowest BCUT2D eigenvalue weighted by molar-refractivity contribution is 0.00779. The zero-order chi connectivity index (χ0) is 13.0. The molecule has 0 radical (unpaired) electrons. The van der Waals surface area contributed by atoms with E-state index in [9.17, 15) is 5.11 Å². The van der Waals surface area contributed by atoms with Crippen molar-refractivity contribution < 1.29 is 9.84 Å². The van der Waals surface area contributed by atoms with Gasteiger partial charge in [0.15, 0.2) is 0 Å². The van der Waals surface area contributed by atoms with Gasteiger partial charge in [0.2, 0.25) is 0 Å². The predicted molar refractivity (Wildman–Crippen MR) is 73.3 cm³/mol. The van der Waals surface area contributed by atoms with Crippen LogP contribution in [0.1, 0.15) is 58.3 Å². The average Bonchev–Trinajstić information content (AvgIpc) is 2.74. The molecule has 2 rings (SSSR count). The molecule has 0 aromatic carbocycles. The lowest BCUT2D eigenvalue weighted by Crippen LogP contribution is -2.47. The summed E-state index contributed by atoms with van der Waals surface area (Å²) in [6.07, 6.45) is 9.84. The van der Waals surface area contributed by atoms with E-state index in [2.05, 4.69) is 6.92 Å². The Hall–Kier alpha value is -0.120. The number of nitrogens with two attached hydrogens (primary N) is 1. The first-order valence-electron chi connectivity index (χ1n) is 7.65. The molecule has 106 valence electrons. The van der Waals surface area contributed by atoms with Crippen LogP contribution in [0.2, 0.25) is 0 Å². The highest BCUT2D eigenvalue weighted by Crippen LogP contribution is 2.36. The minimum atomic E-state index is -0.329. The summed E-state index contributed by atoms with van der Waals surface area (Å²) >= 11 is 0. The average molecular weight is 255 g/mol.